The number of hydrogen-bond acceptors (Lipinski definition) is 6. The van der Waals surface area contributed by atoms with E-state index in [1.807, 2.05) is 17.5 Å². The van der Waals surface area contributed by atoms with Gasteiger partial charge in [-0.1, -0.05) is 18.2 Å². The van der Waals surface area contributed by atoms with Crippen LogP contribution in [-0.4, -0.2) is 20.0 Å². The number of carbonyl (C=O) groups excluding carboxylic acids is 1. The lowest BCUT2D eigenvalue weighted by Crippen LogP contribution is -2.42. The number of aryl methyl sites for hydroxylation is 1. The van der Waals surface area contributed by atoms with Gasteiger partial charge in [0.2, 0.25) is 5.91 Å². The highest BCUT2D eigenvalue weighted by atomic mass is 32.1. The highest BCUT2D eigenvalue weighted by Gasteiger charge is 2.15. The second-order valence-corrected chi connectivity index (χ2v) is 7.98. The minimum absolute atomic E-state index is 0.196. The van der Waals surface area contributed by atoms with E-state index in [-0.39, 0.29) is 24.6 Å². The van der Waals surface area contributed by atoms with Crippen LogP contribution in [0.25, 0.3) is 10.9 Å². The monoisotopic (exact) mass is 412 g/mol. The number of thiophene rings is 1. The van der Waals surface area contributed by atoms with Gasteiger partial charge in [0.15, 0.2) is 5.13 Å². The van der Waals surface area contributed by atoms with Crippen LogP contribution in [0.1, 0.15) is 4.88 Å². The number of carbonyl (C=O) groups is 1. The standard InChI is InChI=1S/C19H16N4O3S2/c24-16(21-18-20-8-11-28-18)12-23-15-6-2-1-5-14(15)17(25)22(19(23)26)9-7-13-4-3-10-27-13/h1-6,8,10-11H,7,9,12H2,(H,20,21,24). The van der Waals surface area contributed by atoms with Crippen molar-refractivity contribution in [2.24, 2.45) is 0 Å². The summed E-state index contributed by atoms with van der Waals surface area (Å²) in [6, 6.07) is 10.7. The summed E-state index contributed by atoms with van der Waals surface area (Å²) in [5.74, 6) is -0.370. The third kappa shape index (κ3) is 3.67. The molecule has 0 aliphatic heterocycles. The van der Waals surface area contributed by atoms with Crippen molar-refractivity contribution in [3.05, 3.63) is 79.1 Å². The van der Waals surface area contributed by atoms with Crippen molar-refractivity contribution in [3.63, 3.8) is 0 Å². The molecule has 142 valence electrons. The van der Waals surface area contributed by atoms with Crippen molar-refractivity contribution in [2.75, 3.05) is 5.32 Å². The zero-order valence-electron chi connectivity index (χ0n) is 14.7. The van der Waals surface area contributed by atoms with E-state index in [1.165, 1.54) is 20.5 Å². The molecule has 0 bridgehead atoms. The molecule has 0 aliphatic rings. The lowest BCUT2D eigenvalue weighted by Gasteiger charge is -2.13. The Balaban J connectivity index is 1.72. The van der Waals surface area contributed by atoms with Crippen molar-refractivity contribution in [2.45, 2.75) is 19.5 Å². The van der Waals surface area contributed by atoms with Crippen molar-refractivity contribution in [3.8, 4) is 0 Å². The third-order valence-corrected chi connectivity index (χ3v) is 5.90. The maximum absolute atomic E-state index is 13.0. The zero-order chi connectivity index (χ0) is 19.5. The number of anilines is 1. The molecule has 1 N–H and O–H groups in total. The number of para-hydroxylation sites is 1. The molecule has 4 aromatic rings. The Hall–Kier alpha value is -3.04. The van der Waals surface area contributed by atoms with E-state index in [0.29, 0.717) is 22.5 Å². The highest BCUT2D eigenvalue weighted by Crippen LogP contribution is 2.12. The Morgan fingerprint density at radius 3 is 2.64 bits per heavy atom. The summed E-state index contributed by atoms with van der Waals surface area (Å²) in [7, 11) is 0. The molecule has 0 aliphatic carbocycles. The lowest BCUT2D eigenvalue weighted by molar-refractivity contribution is -0.116. The van der Waals surface area contributed by atoms with Gasteiger partial charge in [0.1, 0.15) is 6.54 Å². The van der Waals surface area contributed by atoms with Gasteiger partial charge in [0, 0.05) is 23.0 Å². The fourth-order valence-electron chi connectivity index (χ4n) is 2.99. The summed E-state index contributed by atoms with van der Waals surface area (Å²) in [5.41, 5.74) is -0.387. The average Bonchev–Trinajstić information content (AvgIpc) is 3.39. The molecule has 0 radical (unpaired) electrons. The van der Waals surface area contributed by atoms with Gasteiger partial charge in [-0.05, 0) is 30.0 Å². The van der Waals surface area contributed by atoms with Gasteiger partial charge < -0.3 is 5.32 Å². The van der Waals surface area contributed by atoms with Gasteiger partial charge in [0.25, 0.3) is 5.56 Å². The van der Waals surface area contributed by atoms with Crippen LogP contribution in [0.3, 0.4) is 0 Å². The van der Waals surface area contributed by atoms with Crippen molar-refractivity contribution in [1.82, 2.24) is 14.1 Å². The predicted octanol–water partition coefficient (Wildman–Crippen LogP) is 2.56. The second kappa shape index (κ2) is 7.91. The van der Waals surface area contributed by atoms with Crippen molar-refractivity contribution >= 4 is 44.6 Å². The molecule has 0 atom stereocenters. The van der Waals surface area contributed by atoms with Crippen LogP contribution >= 0.6 is 22.7 Å². The smallest absolute Gasteiger partial charge is 0.300 e. The Morgan fingerprint density at radius 1 is 1.04 bits per heavy atom. The second-order valence-electron chi connectivity index (χ2n) is 6.06. The van der Waals surface area contributed by atoms with E-state index in [9.17, 15) is 14.4 Å². The number of benzene rings is 1. The van der Waals surface area contributed by atoms with Crippen molar-refractivity contribution in [1.29, 1.82) is 0 Å². The van der Waals surface area contributed by atoms with Crippen LogP contribution < -0.4 is 16.6 Å². The highest BCUT2D eigenvalue weighted by molar-refractivity contribution is 7.13. The van der Waals surface area contributed by atoms with Gasteiger partial charge >= 0.3 is 5.69 Å². The number of nitrogens with zero attached hydrogens (tertiary/aromatic N) is 3. The zero-order valence-corrected chi connectivity index (χ0v) is 16.3. The number of hydrogen-bond donors (Lipinski definition) is 1. The number of rotatable bonds is 6. The summed E-state index contributed by atoms with van der Waals surface area (Å²) in [4.78, 5) is 43.4. The molecule has 3 heterocycles. The first-order valence-electron chi connectivity index (χ1n) is 8.57. The Bertz CT molecular complexity index is 1220. The predicted molar refractivity (Wildman–Crippen MR) is 111 cm³/mol. The molecule has 0 unspecified atom stereocenters. The van der Waals surface area contributed by atoms with E-state index in [1.54, 1.807) is 47.2 Å². The van der Waals surface area contributed by atoms with E-state index in [0.717, 1.165) is 4.88 Å². The van der Waals surface area contributed by atoms with Crippen LogP contribution in [-0.2, 0) is 24.3 Å². The number of fused-ring (bicyclic) bond motifs is 1. The van der Waals surface area contributed by atoms with Gasteiger partial charge in [-0.25, -0.2) is 9.78 Å². The molecular formula is C19H16N4O3S2. The van der Waals surface area contributed by atoms with Gasteiger partial charge in [-0.15, -0.1) is 22.7 Å². The largest absolute Gasteiger partial charge is 0.331 e. The molecule has 0 saturated heterocycles. The molecule has 4 rings (SSSR count). The minimum Gasteiger partial charge on any atom is -0.300 e. The summed E-state index contributed by atoms with van der Waals surface area (Å²) < 4.78 is 2.55. The minimum atomic E-state index is -0.491. The topological polar surface area (TPSA) is 86.0 Å². The molecule has 0 saturated carbocycles. The van der Waals surface area contributed by atoms with E-state index < -0.39 is 5.69 Å². The number of nitrogens with one attached hydrogen (secondary N) is 1. The first-order valence-corrected chi connectivity index (χ1v) is 10.3. The first-order chi connectivity index (χ1) is 13.6. The molecule has 0 fully saturated rings. The summed E-state index contributed by atoms with van der Waals surface area (Å²) in [6.45, 7) is 0.0648. The SMILES string of the molecule is O=C(Cn1c(=O)n(CCc2cccs2)c(=O)c2ccccc21)Nc1nccs1. The molecular weight excluding hydrogens is 396 g/mol. The van der Waals surface area contributed by atoms with Crippen molar-refractivity contribution < 1.29 is 4.79 Å². The molecule has 28 heavy (non-hydrogen) atoms. The van der Waals surface area contributed by atoms with E-state index in [2.05, 4.69) is 10.3 Å². The average molecular weight is 412 g/mol. The number of thiazole rings is 1. The fraction of sp³-hybridized carbons (Fsp3) is 0.158. The molecule has 7 nitrogen and oxygen atoms in total. The summed E-state index contributed by atoms with van der Waals surface area (Å²) in [6.07, 6.45) is 2.17. The summed E-state index contributed by atoms with van der Waals surface area (Å²) >= 11 is 2.88. The Morgan fingerprint density at radius 2 is 1.89 bits per heavy atom. The Labute approximate surface area is 167 Å². The maximum atomic E-state index is 13.0. The Kier molecular flexibility index (Phi) is 5.18. The van der Waals surface area contributed by atoms with Gasteiger partial charge in [0.05, 0.1) is 10.9 Å². The maximum Gasteiger partial charge on any atom is 0.331 e. The molecule has 9 heteroatoms. The fourth-order valence-corrected chi connectivity index (χ4v) is 4.23. The van der Waals surface area contributed by atoms with Gasteiger partial charge in [-0.2, -0.15) is 0 Å². The molecule has 0 spiro atoms. The quantitative estimate of drug-likeness (QED) is 0.527. The molecule has 3 aromatic heterocycles. The normalized spacial score (nSPS) is 11.0. The third-order valence-electron chi connectivity index (χ3n) is 4.27. The number of amides is 1. The number of aromatic nitrogens is 3. The van der Waals surface area contributed by atoms with Gasteiger partial charge in [-0.3, -0.25) is 18.7 Å². The van der Waals surface area contributed by atoms with E-state index in [4.69, 9.17) is 0 Å². The summed E-state index contributed by atoms with van der Waals surface area (Å²) in [5, 5.41) is 7.26. The first kappa shape index (κ1) is 18.3. The van der Waals surface area contributed by atoms with Crippen LogP contribution in [0.4, 0.5) is 5.13 Å². The van der Waals surface area contributed by atoms with E-state index >= 15 is 0 Å². The molecule has 1 amide bonds. The lowest BCUT2D eigenvalue weighted by atomic mass is 10.2. The van der Waals surface area contributed by atoms with Crippen LogP contribution in [0, 0.1) is 0 Å². The molecule has 1 aromatic carbocycles. The van der Waals surface area contributed by atoms with Crippen LogP contribution in [0.2, 0.25) is 0 Å². The van der Waals surface area contributed by atoms with Crippen LogP contribution in [0.15, 0.2) is 62.9 Å². The van der Waals surface area contributed by atoms with Crippen LogP contribution in [0.5, 0.6) is 0 Å².